The molecule has 1 aromatic rings. The maximum absolute atomic E-state index is 5.89. The van der Waals surface area contributed by atoms with E-state index in [9.17, 15) is 0 Å². The van der Waals surface area contributed by atoms with E-state index in [4.69, 9.17) is 4.74 Å². The molecule has 112 valence electrons. The summed E-state index contributed by atoms with van der Waals surface area (Å²) in [6.45, 7) is 12.3. The van der Waals surface area contributed by atoms with Crippen molar-refractivity contribution in [3.63, 3.8) is 0 Å². The maximum Gasteiger partial charge on any atom is 0.119 e. The zero-order chi connectivity index (χ0) is 14.8. The molecule has 2 atom stereocenters. The molecule has 1 aliphatic carbocycles. The smallest absolute Gasteiger partial charge is 0.119 e. The molecule has 1 aliphatic rings. The molecule has 0 bridgehead atoms. The lowest BCUT2D eigenvalue weighted by Gasteiger charge is -2.27. The van der Waals surface area contributed by atoms with E-state index in [2.05, 4.69) is 64.2 Å². The number of hydrogen-bond donors (Lipinski definition) is 1. The summed E-state index contributed by atoms with van der Waals surface area (Å²) in [5.41, 5.74) is 1.57. The highest BCUT2D eigenvalue weighted by molar-refractivity contribution is 5.31. The van der Waals surface area contributed by atoms with Crippen LogP contribution in [0.25, 0.3) is 0 Å². The van der Waals surface area contributed by atoms with E-state index in [1.54, 1.807) is 0 Å². The molecule has 1 fully saturated rings. The summed E-state index contributed by atoms with van der Waals surface area (Å²) < 4.78 is 5.89. The summed E-state index contributed by atoms with van der Waals surface area (Å²) >= 11 is 0. The van der Waals surface area contributed by atoms with Crippen LogP contribution in [0.2, 0.25) is 0 Å². The number of ether oxygens (including phenoxy) is 1. The molecule has 0 heterocycles. The highest BCUT2D eigenvalue weighted by atomic mass is 16.5. The Balaban J connectivity index is 1.94. The topological polar surface area (TPSA) is 21.3 Å². The van der Waals surface area contributed by atoms with Crippen molar-refractivity contribution in [2.45, 2.75) is 65.0 Å². The Hall–Kier alpha value is -1.02. The van der Waals surface area contributed by atoms with E-state index < -0.39 is 0 Å². The van der Waals surface area contributed by atoms with Gasteiger partial charge in [-0.15, -0.1) is 0 Å². The number of hydrogen-bond acceptors (Lipinski definition) is 2. The Bertz CT molecular complexity index is 431. The molecule has 0 aromatic heterocycles. The highest BCUT2D eigenvalue weighted by Crippen LogP contribution is 2.30. The predicted molar refractivity (Wildman–Crippen MR) is 85.4 cm³/mol. The van der Waals surface area contributed by atoms with Gasteiger partial charge in [0.25, 0.3) is 0 Å². The molecular weight excluding hydrogens is 246 g/mol. The SMILES string of the molecule is CC(CNC(C)(C)C)C(C)c1cccc(OC2CC2)c1. The van der Waals surface area contributed by atoms with E-state index in [0.717, 1.165) is 12.3 Å². The van der Waals surface area contributed by atoms with Crippen LogP contribution < -0.4 is 10.1 Å². The summed E-state index contributed by atoms with van der Waals surface area (Å²) in [6, 6.07) is 8.63. The zero-order valence-corrected chi connectivity index (χ0v) is 13.6. The van der Waals surface area contributed by atoms with Crippen molar-refractivity contribution < 1.29 is 4.74 Å². The van der Waals surface area contributed by atoms with Gasteiger partial charge < -0.3 is 10.1 Å². The molecule has 0 aliphatic heterocycles. The molecule has 2 heteroatoms. The second-order valence-electron chi connectivity index (χ2n) is 7.29. The van der Waals surface area contributed by atoms with Crippen LogP contribution in [0.15, 0.2) is 24.3 Å². The van der Waals surface area contributed by atoms with Gasteiger partial charge in [0.1, 0.15) is 5.75 Å². The Morgan fingerprint density at radius 3 is 2.55 bits per heavy atom. The zero-order valence-electron chi connectivity index (χ0n) is 13.6. The first-order valence-electron chi connectivity index (χ1n) is 7.87. The summed E-state index contributed by atoms with van der Waals surface area (Å²) in [7, 11) is 0. The van der Waals surface area contributed by atoms with Gasteiger partial charge in [0.05, 0.1) is 6.10 Å². The lowest BCUT2D eigenvalue weighted by atomic mass is 9.88. The maximum atomic E-state index is 5.89. The van der Waals surface area contributed by atoms with Crippen molar-refractivity contribution in [3.05, 3.63) is 29.8 Å². The normalized spacial score (nSPS) is 18.6. The van der Waals surface area contributed by atoms with Crippen LogP contribution in [0.1, 0.15) is 58.9 Å². The van der Waals surface area contributed by atoms with E-state index in [1.165, 1.54) is 18.4 Å². The highest BCUT2D eigenvalue weighted by Gasteiger charge is 2.24. The van der Waals surface area contributed by atoms with Gasteiger partial charge in [0.2, 0.25) is 0 Å². The van der Waals surface area contributed by atoms with E-state index in [-0.39, 0.29) is 5.54 Å². The van der Waals surface area contributed by atoms with Crippen molar-refractivity contribution in [1.29, 1.82) is 0 Å². The van der Waals surface area contributed by atoms with Crippen LogP contribution >= 0.6 is 0 Å². The molecule has 0 amide bonds. The molecule has 2 unspecified atom stereocenters. The number of benzene rings is 1. The van der Waals surface area contributed by atoms with Crippen LogP contribution in [-0.2, 0) is 0 Å². The molecule has 1 saturated carbocycles. The average molecular weight is 275 g/mol. The third-order valence-corrected chi connectivity index (χ3v) is 4.02. The fourth-order valence-electron chi connectivity index (χ4n) is 2.22. The van der Waals surface area contributed by atoms with Gasteiger partial charge in [-0.25, -0.2) is 0 Å². The first-order chi connectivity index (χ1) is 9.35. The molecule has 20 heavy (non-hydrogen) atoms. The lowest BCUT2D eigenvalue weighted by molar-refractivity contribution is 0.302. The van der Waals surface area contributed by atoms with Gasteiger partial charge in [0.15, 0.2) is 0 Å². The first-order valence-corrected chi connectivity index (χ1v) is 7.87. The van der Waals surface area contributed by atoms with Crippen molar-refractivity contribution in [2.75, 3.05) is 6.54 Å². The Kier molecular flexibility index (Phi) is 4.74. The van der Waals surface area contributed by atoms with Crippen LogP contribution in [0.4, 0.5) is 0 Å². The van der Waals surface area contributed by atoms with Crippen molar-refractivity contribution >= 4 is 0 Å². The average Bonchev–Trinajstić information content (AvgIpc) is 3.18. The van der Waals surface area contributed by atoms with Gasteiger partial charge in [-0.1, -0.05) is 26.0 Å². The quantitative estimate of drug-likeness (QED) is 0.833. The first kappa shape index (κ1) is 15.4. The Labute approximate surface area is 123 Å². The van der Waals surface area contributed by atoms with Crippen LogP contribution in [0.5, 0.6) is 5.75 Å². The van der Waals surface area contributed by atoms with Crippen LogP contribution in [0, 0.1) is 5.92 Å². The molecular formula is C18H29NO. The van der Waals surface area contributed by atoms with Crippen molar-refractivity contribution in [2.24, 2.45) is 5.92 Å². The second-order valence-corrected chi connectivity index (χ2v) is 7.29. The molecule has 1 aromatic carbocycles. The molecule has 2 rings (SSSR count). The summed E-state index contributed by atoms with van der Waals surface area (Å²) in [6.07, 6.45) is 2.90. The largest absolute Gasteiger partial charge is 0.490 e. The van der Waals surface area contributed by atoms with E-state index in [0.29, 0.717) is 17.9 Å². The van der Waals surface area contributed by atoms with Gasteiger partial charge in [-0.2, -0.15) is 0 Å². The number of nitrogens with one attached hydrogen (secondary N) is 1. The minimum absolute atomic E-state index is 0.185. The summed E-state index contributed by atoms with van der Waals surface area (Å²) in [5.74, 6) is 2.17. The Morgan fingerprint density at radius 2 is 1.95 bits per heavy atom. The number of rotatable bonds is 6. The van der Waals surface area contributed by atoms with E-state index >= 15 is 0 Å². The monoisotopic (exact) mass is 275 g/mol. The molecule has 0 radical (unpaired) electrons. The van der Waals surface area contributed by atoms with Gasteiger partial charge in [-0.3, -0.25) is 0 Å². The molecule has 1 N–H and O–H groups in total. The fraction of sp³-hybridized carbons (Fsp3) is 0.667. The van der Waals surface area contributed by atoms with Gasteiger partial charge in [-0.05, 0) is 69.7 Å². The summed E-state index contributed by atoms with van der Waals surface area (Å²) in [4.78, 5) is 0. The lowest BCUT2D eigenvalue weighted by Crippen LogP contribution is -2.39. The Morgan fingerprint density at radius 1 is 1.25 bits per heavy atom. The second kappa shape index (κ2) is 6.17. The van der Waals surface area contributed by atoms with E-state index in [1.807, 2.05) is 0 Å². The third-order valence-electron chi connectivity index (χ3n) is 4.02. The fourth-order valence-corrected chi connectivity index (χ4v) is 2.22. The molecule has 2 nitrogen and oxygen atoms in total. The van der Waals surface area contributed by atoms with Gasteiger partial charge in [0, 0.05) is 5.54 Å². The van der Waals surface area contributed by atoms with Gasteiger partial charge >= 0.3 is 0 Å². The predicted octanol–water partition coefficient (Wildman–Crippen LogP) is 4.36. The van der Waals surface area contributed by atoms with Crippen LogP contribution in [0.3, 0.4) is 0 Å². The standard InChI is InChI=1S/C18H29NO/c1-13(12-19-18(3,4)5)14(2)15-7-6-8-17(11-15)20-16-9-10-16/h6-8,11,13-14,16,19H,9-10,12H2,1-5H3. The molecule has 0 spiro atoms. The van der Waals surface area contributed by atoms with Crippen molar-refractivity contribution in [3.8, 4) is 5.75 Å². The minimum atomic E-state index is 0.185. The van der Waals surface area contributed by atoms with Crippen molar-refractivity contribution in [1.82, 2.24) is 5.32 Å². The summed E-state index contributed by atoms with van der Waals surface area (Å²) in [5, 5.41) is 3.60. The third kappa shape index (κ3) is 4.82. The minimum Gasteiger partial charge on any atom is -0.490 e. The van der Waals surface area contributed by atoms with Crippen LogP contribution in [-0.4, -0.2) is 18.2 Å². The molecule has 0 saturated heterocycles.